The lowest BCUT2D eigenvalue weighted by Gasteiger charge is -2.34. The standard InChI is InChI=1S/C50H34FN5/c1-34-8-5-14-44(26-34)55(42-12-3-2-4-13-42)48-29-40(36-9-6-11-41(51)27-36)30-49(50(48)47-15-7-10-39-33-54-25-23-46(39)47)56(43-19-16-35(31-52)17-20-43)45-21-18-38-32-53-24-22-37(38)28-45/h2-30,32-33H,1H3. The summed E-state index contributed by atoms with van der Waals surface area (Å²) in [6.07, 6.45) is 7.39. The van der Waals surface area contributed by atoms with E-state index in [2.05, 4.69) is 124 Å². The number of pyridine rings is 2. The van der Waals surface area contributed by atoms with Gasteiger partial charge < -0.3 is 9.80 Å². The fraction of sp³-hybridized carbons (Fsp3) is 0.0200. The summed E-state index contributed by atoms with van der Waals surface area (Å²) in [5, 5.41) is 13.9. The van der Waals surface area contributed by atoms with E-state index >= 15 is 4.39 Å². The molecule has 0 saturated carbocycles. The van der Waals surface area contributed by atoms with E-state index in [1.165, 1.54) is 6.07 Å². The molecule has 266 valence electrons. The molecule has 9 rings (SSSR count). The van der Waals surface area contributed by atoms with Crippen molar-refractivity contribution in [1.82, 2.24) is 9.97 Å². The Morgan fingerprint density at radius 2 is 1.18 bits per heavy atom. The Bertz CT molecular complexity index is 2910. The summed E-state index contributed by atoms with van der Waals surface area (Å²) in [4.78, 5) is 13.4. The van der Waals surface area contributed by atoms with E-state index in [0.717, 1.165) is 83.5 Å². The molecule has 2 aromatic heterocycles. The predicted molar refractivity (Wildman–Crippen MR) is 227 cm³/mol. The van der Waals surface area contributed by atoms with Crippen LogP contribution in [0.4, 0.5) is 38.5 Å². The zero-order valence-electron chi connectivity index (χ0n) is 30.5. The smallest absolute Gasteiger partial charge is 0.123 e. The van der Waals surface area contributed by atoms with Crippen LogP contribution < -0.4 is 9.80 Å². The molecule has 5 nitrogen and oxygen atoms in total. The molecule has 56 heavy (non-hydrogen) atoms. The zero-order valence-corrected chi connectivity index (χ0v) is 30.5. The molecule has 0 fully saturated rings. The first kappa shape index (κ1) is 34.2. The SMILES string of the molecule is Cc1cccc(N(c2ccccc2)c2cc(-c3cccc(F)c3)cc(N(c3ccc(C#N)cc3)c3ccc4cnccc4c3)c2-c2cccc3cnccc23)c1. The van der Waals surface area contributed by atoms with Gasteiger partial charge in [0.15, 0.2) is 0 Å². The lowest BCUT2D eigenvalue weighted by atomic mass is 9.91. The van der Waals surface area contributed by atoms with Gasteiger partial charge in [-0.3, -0.25) is 9.97 Å². The average molecular weight is 724 g/mol. The fourth-order valence-corrected chi connectivity index (χ4v) is 7.51. The van der Waals surface area contributed by atoms with E-state index in [4.69, 9.17) is 0 Å². The third-order valence-electron chi connectivity index (χ3n) is 10.1. The number of hydrogen-bond donors (Lipinski definition) is 0. The highest BCUT2D eigenvalue weighted by atomic mass is 19.1. The highest BCUT2D eigenvalue weighted by Gasteiger charge is 2.27. The van der Waals surface area contributed by atoms with Crippen LogP contribution in [0.5, 0.6) is 0 Å². The van der Waals surface area contributed by atoms with Crippen molar-refractivity contribution in [3.63, 3.8) is 0 Å². The van der Waals surface area contributed by atoms with Crippen LogP contribution in [0.15, 0.2) is 189 Å². The zero-order chi connectivity index (χ0) is 38.0. The number of nitrogens with zero attached hydrogens (tertiary/aromatic N) is 5. The van der Waals surface area contributed by atoms with Gasteiger partial charge in [0.05, 0.1) is 23.0 Å². The molecular weight excluding hydrogens is 690 g/mol. The molecule has 9 aromatic rings. The van der Waals surface area contributed by atoms with Crippen molar-refractivity contribution in [2.75, 3.05) is 9.80 Å². The van der Waals surface area contributed by atoms with Gasteiger partial charge in [0.1, 0.15) is 5.82 Å². The normalized spacial score (nSPS) is 11.0. The van der Waals surface area contributed by atoms with Gasteiger partial charge in [0.2, 0.25) is 0 Å². The van der Waals surface area contributed by atoms with Crippen molar-refractivity contribution in [2.45, 2.75) is 6.92 Å². The molecule has 0 aliphatic carbocycles. The summed E-state index contributed by atoms with van der Waals surface area (Å²) >= 11 is 0. The van der Waals surface area contributed by atoms with Gasteiger partial charge in [-0.1, -0.05) is 66.7 Å². The largest absolute Gasteiger partial charge is 0.310 e. The maximum absolute atomic E-state index is 15.2. The molecule has 0 spiro atoms. The number of nitriles is 1. The first-order valence-electron chi connectivity index (χ1n) is 18.4. The van der Waals surface area contributed by atoms with Crippen LogP contribution in [0.3, 0.4) is 0 Å². The monoisotopic (exact) mass is 723 g/mol. The lowest BCUT2D eigenvalue weighted by Crippen LogP contribution is -2.16. The predicted octanol–water partition coefficient (Wildman–Crippen LogP) is 13.4. The van der Waals surface area contributed by atoms with Gasteiger partial charge in [0.25, 0.3) is 0 Å². The van der Waals surface area contributed by atoms with Gasteiger partial charge in [-0.2, -0.15) is 5.26 Å². The highest BCUT2D eigenvalue weighted by Crippen LogP contribution is 2.52. The van der Waals surface area contributed by atoms with E-state index < -0.39 is 0 Å². The Hall–Kier alpha value is -7.62. The topological polar surface area (TPSA) is 56.0 Å². The number of rotatable bonds is 8. The van der Waals surface area contributed by atoms with E-state index in [-0.39, 0.29) is 5.82 Å². The Balaban J connectivity index is 1.47. The number of para-hydroxylation sites is 1. The first-order valence-corrected chi connectivity index (χ1v) is 18.4. The molecule has 0 atom stereocenters. The molecule has 0 amide bonds. The Labute approximate surface area is 324 Å². The van der Waals surface area contributed by atoms with Crippen molar-refractivity contribution >= 4 is 55.7 Å². The molecule has 2 heterocycles. The second kappa shape index (κ2) is 14.7. The first-order chi connectivity index (χ1) is 27.5. The summed E-state index contributed by atoms with van der Waals surface area (Å²) in [7, 11) is 0. The summed E-state index contributed by atoms with van der Waals surface area (Å²) in [6.45, 7) is 2.10. The number of halogens is 1. The van der Waals surface area contributed by atoms with Crippen molar-refractivity contribution in [3.8, 4) is 28.3 Å². The summed E-state index contributed by atoms with van der Waals surface area (Å²) in [5.74, 6) is -0.318. The highest BCUT2D eigenvalue weighted by molar-refractivity contribution is 6.08. The Morgan fingerprint density at radius 1 is 0.518 bits per heavy atom. The number of aryl methyl sites for hydroxylation is 1. The van der Waals surface area contributed by atoms with E-state index in [1.54, 1.807) is 18.3 Å². The minimum Gasteiger partial charge on any atom is -0.310 e. The Kier molecular flexibility index (Phi) is 8.94. The van der Waals surface area contributed by atoms with Gasteiger partial charge in [0, 0.05) is 63.9 Å². The number of anilines is 6. The van der Waals surface area contributed by atoms with Gasteiger partial charge in [-0.15, -0.1) is 0 Å². The minimum atomic E-state index is -0.318. The molecule has 7 aromatic carbocycles. The van der Waals surface area contributed by atoms with Crippen LogP contribution in [0, 0.1) is 24.1 Å². The third kappa shape index (κ3) is 6.48. The molecule has 0 aliphatic rings. The number of fused-ring (bicyclic) bond motifs is 2. The van der Waals surface area contributed by atoms with Crippen LogP contribution in [0.2, 0.25) is 0 Å². The van der Waals surface area contributed by atoms with Crippen LogP contribution in [0.1, 0.15) is 11.1 Å². The molecule has 0 unspecified atom stereocenters. The summed E-state index contributed by atoms with van der Waals surface area (Å²) < 4.78 is 15.2. The van der Waals surface area contributed by atoms with Gasteiger partial charge in [-0.25, -0.2) is 4.39 Å². The van der Waals surface area contributed by atoms with Crippen LogP contribution in [-0.2, 0) is 0 Å². The van der Waals surface area contributed by atoms with E-state index in [9.17, 15) is 5.26 Å². The molecule has 0 radical (unpaired) electrons. The van der Waals surface area contributed by atoms with Gasteiger partial charge in [-0.05, 0) is 137 Å². The minimum absolute atomic E-state index is 0.318. The van der Waals surface area contributed by atoms with Crippen LogP contribution in [-0.4, -0.2) is 9.97 Å². The second-order valence-electron chi connectivity index (χ2n) is 13.7. The maximum atomic E-state index is 15.2. The van der Waals surface area contributed by atoms with Gasteiger partial charge >= 0.3 is 0 Å². The van der Waals surface area contributed by atoms with E-state index in [0.29, 0.717) is 5.56 Å². The van der Waals surface area contributed by atoms with Crippen molar-refractivity contribution in [2.24, 2.45) is 0 Å². The molecule has 0 aliphatic heterocycles. The number of benzene rings is 7. The molecule has 0 saturated heterocycles. The fourth-order valence-electron chi connectivity index (χ4n) is 7.51. The average Bonchev–Trinajstić information content (AvgIpc) is 3.24. The van der Waals surface area contributed by atoms with Crippen LogP contribution in [0.25, 0.3) is 43.8 Å². The third-order valence-corrected chi connectivity index (χ3v) is 10.1. The molecule has 0 bridgehead atoms. The number of aromatic nitrogens is 2. The lowest BCUT2D eigenvalue weighted by molar-refractivity contribution is 0.628. The maximum Gasteiger partial charge on any atom is 0.123 e. The number of hydrogen-bond acceptors (Lipinski definition) is 5. The van der Waals surface area contributed by atoms with Crippen molar-refractivity contribution < 1.29 is 4.39 Å². The summed E-state index contributed by atoms with van der Waals surface area (Å²) in [5.41, 5.74) is 10.6. The van der Waals surface area contributed by atoms with E-state index in [1.807, 2.05) is 73.2 Å². The summed E-state index contributed by atoms with van der Waals surface area (Å²) in [6, 6.07) is 56.6. The van der Waals surface area contributed by atoms with Crippen LogP contribution >= 0.6 is 0 Å². The quantitative estimate of drug-likeness (QED) is 0.156. The van der Waals surface area contributed by atoms with Crippen molar-refractivity contribution in [1.29, 1.82) is 5.26 Å². The second-order valence-corrected chi connectivity index (χ2v) is 13.7. The molecular formula is C50H34FN5. The molecule has 6 heteroatoms. The molecule has 0 N–H and O–H groups in total. The Morgan fingerprint density at radius 3 is 1.93 bits per heavy atom. The van der Waals surface area contributed by atoms with Crippen molar-refractivity contribution in [3.05, 3.63) is 206 Å².